The molecule has 2 saturated heterocycles. The Morgan fingerprint density at radius 3 is 2.85 bits per heavy atom. The molecule has 2 N–H and O–H groups in total. The van der Waals surface area contributed by atoms with Crippen molar-refractivity contribution < 1.29 is 9.86 Å². The van der Waals surface area contributed by atoms with Crippen LogP contribution in [0.15, 0.2) is 0 Å². The lowest BCUT2D eigenvalue weighted by Crippen LogP contribution is -2.60. The van der Waals surface area contributed by atoms with Crippen molar-refractivity contribution in [2.45, 2.75) is 75.3 Å². The first-order valence-corrected chi connectivity index (χ1v) is 7.84. The molecule has 0 radical (unpaired) electrons. The Hall–Kier alpha value is -0.760. The van der Waals surface area contributed by atoms with Crippen LogP contribution in [0.1, 0.15) is 44.9 Å². The summed E-state index contributed by atoms with van der Waals surface area (Å²) in [5.41, 5.74) is 3.19. The van der Waals surface area contributed by atoms with Gasteiger partial charge in [0.1, 0.15) is 0 Å². The van der Waals surface area contributed by atoms with Crippen molar-refractivity contribution in [3.05, 3.63) is 10.1 Å². The van der Waals surface area contributed by atoms with Crippen LogP contribution in [0.3, 0.4) is 0 Å². The fourth-order valence-corrected chi connectivity index (χ4v) is 4.54. The summed E-state index contributed by atoms with van der Waals surface area (Å²) in [5, 5.41) is 16.7. The zero-order chi connectivity index (χ0) is 13.7. The van der Waals surface area contributed by atoms with Gasteiger partial charge in [0, 0.05) is 35.8 Å². The van der Waals surface area contributed by atoms with E-state index in [1.165, 1.54) is 25.7 Å². The molecule has 6 atom stereocenters. The second-order valence-electron chi connectivity index (χ2n) is 6.66. The molecule has 0 aromatic rings. The number of hydrogen-bond donors (Lipinski definition) is 2. The molecule has 0 aromatic heterocycles. The van der Waals surface area contributed by atoms with Gasteiger partial charge in [0.15, 0.2) is 0 Å². The van der Waals surface area contributed by atoms with Crippen molar-refractivity contribution in [1.29, 1.82) is 0 Å². The normalized spacial score (nSPS) is 48.2. The van der Waals surface area contributed by atoms with Gasteiger partial charge >= 0.3 is 0 Å². The van der Waals surface area contributed by atoms with Crippen LogP contribution in [0.25, 0.3) is 0 Å². The zero-order valence-corrected chi connectivity index (χ0v) is 11.5. The highest BCUT2D eigenvalue weighted by Gasteiger charge is 2.53. The Kier molecular flexibility index (Phi) is 3.17. The van der Waals surface area contributed by atoms with Crippen molar-refractivity contribution in [1.82, 2.24) is 15.9 Å². The number of nitrogens with one attached hydrogen (secondary N) is 2. The summed E-state index contributed by atoms with van der Waals surface area (Å²) in [5.74, 6) is 0.567. The molecule has 0 bridgehead atoms. The van der Waals surface area contributed by atoms with E-state index >= 15 is 0 Å². The first kappa shape index (κ1) is 12.9. The van der Waals surface area contributed by atoms with E-state index < -0.39 is 6.04 Å². The van der Waals surface area contributed by atoms with Gasteiger partial charge in [-0.1, -0.05) is 12.8 Å². The van der Waals surface area contributed by atoms with Crippen LogP contribution in [-0.2, 0) is 4.94 Å². The quantitative estimate of drug-likeness (QED) is 0.547. The van der Waals surface area contributed by atoms with E-state index in [9.17, 15) is 10.1 Å². The highest BCUT2D eigenvalue weighted by molar-refractivity contribution is 5.02. The van der Waals surface area contributed by atoms with Crippen LogP contribution in [0.5, 0.6) is 0 Å². The number of nitro groups is 1. The van der Waals surface area contributed by atoms with Gasteiger partial charge in [-0.25, -0.2) is 4.94 Å². The molecule has 2 aliphatic heterocycles. The van der Waals surface area contributed by atoms with Crippen molar-refractivity contribution in [3.8, 4) is 0 Å². The molecule has 112 valence electrons. The van der Waals surface area contributed by atoms with E-state index in [0.29, 0.717) is 30.8 Å². The minimum atomic E-state index is -0.413. The third kappa shape index (κ3) is 1.95. The van der Waals surface area contributed by atoms with Crippen LogP contribution < -0.4 is 10.8 Å². The van der Waals surface area contributed by atoms with Gasteiger partial charge < -0.3 is 0 Å². The van der Waals surface area contributed by atoms with Crippen molar-refractivity contribution in [2.75, 3.05) is 0 Å². The van der Waals surface area contributed by atoms with Gasteiger partial charge in [-0.05, 0) is 19.3 Å². The van der Waals surface area contributed by atoms with Crippen molar-refractivity contribution in [3.63, 3.8) is 0 Å². The number of hydroxylamine groups is 3. The predicted octanol–water partition coefficient (Wildman–Crippen LogP) is 0.793. The Labute approximate surface area is 118 Å². The number of rotatable bonds is 1. The Balaban J connectivity index is 1.52. The summed E-state index contributed by atoms with van der Waals surface area (Å²) in [6.45, 7) is 0. The first-order chi connectivity index (χ1) is 9.74. The van der Waals surface area contributed by atoms with Gasteiger partial charge in [-0.3, -0.25) is 15.4 Å². The van der Waals surface area contributed by atoms with E-state index in [0.717, 1.165) is 6.42 Å². The molecule has 4 aliphatic rings. The third-order valence-corrected chi connectivity index (χ3v) is 5.61. The summed E-state index contributed by atoms with van der Waals surface area (Å²) < 4.78 is 0. The molecule has 4 rings (SSSR count). The third-order valence-electron chi connectivity index (χ3n) is 5.61. The summed E-state index contributed by atoms with van der Waals surface area (Å²) in [7, 11) is 0. The molecule has 0 aromatic carbocycles. The zero-order valence-electron chi connectivity index (χ0n) is 11.5. The lowest BCUT2D eigenvalue weighted by atomic mass is 9.82. The number of nitrogens with zero attached hydrogens (tertiary/aromatic N) is 2. The van der Waals surface area contributed by atoms with Gasteiger partial charge in [-0.15, -0.1) is 5.06 Å². The Morgan fingerprint density at radius 2 is 2.00 bits per heavy atom. The Morgan fingerprint density at radius 1 is 1.15 bits per heavy atom. The van der Waals surface area contributed by atoms with Gasteiger partial charge in [0.2, 0.25) is 6.04 Å². The number of fused-ring (bicyclic) bond motifs is 5. The average Bonchev–Trinajstić information content (AvgIpc) is 2.85. The second kappa shape index (κ2) is 4.91. The summed E-state index contributed by atoms with van der Waals surface area (Å²) in [6.07, 6.45) is 7.33. The van der Waals surface area contributed by atoms with Crippen LogP contribution in [-0.4, -0.2) is 40.3 Å². The van der Waals surface area contributed by atoms with Crippen molar-refractivity contribution >= 4 is 0 Å². The molecule has 0 amide bonds. The predicted molar refractivity (Wildman–Crippen MR) is 70.9 cm³/mol. The summed E-state index contributed by atoms with van der Waals surface area (Å²) >= 11 is 0. The lowest BCUT2D eigenvalue weighted by molar-refractivity contribution is -0.528. The largest absolute Gasteiger partial charge is 0.295 e. The monoisotopic (exact) mass is 282 g/mol. The second-order valence-corrected chi connectivity index (χ2v) is 6.66. The molecule has 7 nitrogen and oxygen atoms in total. The fourth-order valence-electron chi connectivity index (χ4n) is 4.54. The van der Waals surface area contributed by atoms with Crippen LogP contribution in [0.4, 0.5) is 0 Å². The van der Waals surface area contributed by atoms with Crippen LogP contribution >= 0.6 is 0 Å². The summed E-state index contributed by atoms with van der Waals surface area (Å²) in [6, 6.07) is 0.506. The average molecular weight is 282 g/mol. The number of hydrogen-bond acceptors (Lipinski definition) is 6. The highest BCUT2D eigenvalue weighted by atomic mass is 16.8. The molecule has 20 heavy (non-hydrogen) atoms. The van der Waals surface area contributed by atoms with E-state index in [4.69, 9.17) is 4.94 Å². The molecular formula is C13H22N4O3. The molecule has 2 aliphatic carbocycles. The topological polar surface area (TPSA) is 79.7 Å². The minimum absolute atomic E-state index is 0.121. The molecule has 2 saturated carbocycles. The maximum Gasteiger partial charge on any atom is 0.214 e. The molecule has 7 heteroatoms. The Bertz CT molecular complexity index is 407. The van der Waals surface area contributed by atoms with Crippen LogP contribution in [0.2, 0.25) is 0 Å². The highest BCUT2D eigenvalue weighted by Crippen LogP contribution is 2.39. The van der Waals surface area contributed by atoms with Gasteiger partial charge in [0.25, 0.3) is 0 Å². The van der Waals surface area contributed by atoms with Crippen molar-refractivity contribution in [2.24, 2.45) is 5.92 Å². The maximum absolute atomic E-state index is 11.0. The first-order valence-electron chi connectivity index (χ1n) is 7.84. The van der Waals surface area contributed by atoms with E-state index in [-0.39, 0.29) is 17.1 Å². The van der Waals surface area contributed by atoms with Gasteiger partial charge in [-0.2, -0.15) is 5.48 Å². The molecule has 6 unspecified atom stereocenters. The van der Waals surface area contributed by atoms with Crippen LogP contribution in [0, 0.1) is 16.0 Å². The standard InChI is InChI=1S/C13H22N4O3/c18-17(19)8-5-6-11-12(7-8)16-13(14-11)9-3-1-2-4-10(9)15-20-16/h8-15H,1-7H2. The molecule has 4 fully saturated rings. The van der Waals surface area contributed by atoms with E-state index in [1.807, 2.05) is 5.06 Å². The smallest absolute Gasteiger partial charge is 0.214 e. The van der Waals surface area contributed by atoms with E-state index in [2.05, 4.69) is 10.8 Å². The van der Waals surface area contributed by atoms with Gasteiger partial charge in [0.05, 0.1) is 12.2 Å². The maximum atomic E-state index is 11.0. The van der Waals surface area contributed by atoms with E-state index in [1.54, 1.807) is 0 Å². The summed E-state index contributed by atoms with van der Waals surface area (Å²) in [4.78, 5) is 16.7. The molecule has 0 spiro atoms. The SMILES string of the molecule is O=[N+]([O-])C1CCC2NC3C4CCCCC4NON3C2C1. The minimum Gasteiger partial charge on any atom is -0.295 e. The lowest BCUT2D eigenvalue weighted by Gasteiger charge is -2.44. The molecular weight excluding hydrogens is 260 g/mol. The molecule has 2 heterocycles. The fraction of sp³-hybridized carbons (Fsp3) is 1.00.